The molecule has 1 aromatic carbocycles. The van der Waals surface area contributed by atoms with Crippen molar-refractivity contribution in [3.63, 3.8) is 0 Å². The van der Waals surface area contributed by atoms with Gasteiger partial charge in [0, 0.05) is 5.69 Å². The molecule has 0 aliphatic heterocycles. The zero-order valence-electron chi connectivity index (χ0n) is 13.0. The van der Waals surface area contributed by atoms with Gasteiger partial charge in [0.25, 0.3) is 0 Å². The number of nitrogens with zero attached hydrogens (tertiary/aromatic N) is 1. The van der Waals surface area contributed by atoms with Gasteiger partial charge in [0.15, 0.2) is 0 Å². The van der Waals surface area contributed by atoms with E-state index in [1.807, 2.05) is 30.3 Å². The van der Waals surface area contributed by atoms with Gasteiger partial charge < -0.3 is 5.32 Å². The second kappa shape index (κ2) is 10.9. The van der Waals surface area contributed by atoms with Gasteiger partial charge in [-0.1, -0.05) is 70.1 Å². The van der Waals surface area contributed by atoms with Crippen LogP contribution in [0, 0.1) is 17.2 Å². The van der Waals surface area contributed by atoms with Gasteiger partial charge >= 0.3 is 0 Å². The van der Waals surface area contributed by atoms with Crippen molar-refractivity contribution in [1.82, 2.24) is 0 Å². The number of para-hydroxylation sites is 1. The Morgan fingerprint density at radius 1 is 1.10 bits per heavy atom. The highest BCUT2D eigenvalue weighted by Gasteiger charge is 2.17. The highest BCUT2D eigenvalue weighted by atomic mass is 16.1. The molecule has 0 saturated heterocycles. The predicted molar refractivity (Wildman–Crippen MR) is 86.8 cm³/mol. The smallest absolute Gasteiger partial charge is 0.241 e. The molecule has 1 atom stereocenters. The average Bonchev–Trinajstić information content (AvgIpc) is 2.51. The lowest BCUT2D eigenvalue weighted by Gasteiger charge is -2.10. The Kier molecular flexibility index (Phi) is 8.95. The number of rotatable bonds is 10. The van der Waals surface area contributed by atoms with Crippen molar-refractivity contribution < 1.29 is 4.79 Å². The van der Waals surface area contributed by atoms with Crippen molar-refractivity contribution in [2.75, 3.05) is 5.32 Å². The van der Waals surface area contributed by atoms with E-state index < -0.39 is 5.92 Å². The number of unbranched alkanes of at least 4 members (excludes halogenated alkanes) is 6. The third-order valence-corrected chi connectivity index (χ3v) is 3.61. The largest absolute Gasteiger partial charge is 0.325 e. The van der Waals surface area contributed by atoms with Crippen molar-refractivity contribution in [3.05, 3.63) is 30.3 Å². The van der Waals surface area contributed by atoms with Crippen LogP contribution in [-0.2, 0) is 4.79 Å². The van der Waals surface area contributed by atoms with Crippen LogP contribution in [0.25, 0.3) is 0 Å². The number of carbonyl (C=O) groups is 1. The molecule has 114 valence electrons. The van der Waals surface area contributed by atoms with E-state index in [4.69, 9.17) is 5.26 Å². The Hall–Kier alpha value is -1.82. The summed E-state index contributed by atoms with van der Waals surface area (Å²) in [5, 5.41) is 11.9. The number of anilines is 1. The Bertz CT molecular complexity index is 436. The first-order valence-corrected chi connectivity index (χ1v) is 8.03. The van der Waals surface area contributed by atoms with E-state index in [0.29, 0.717) is 6.42 Å². The van der Waals surface area contributed by atoms with Gasteiger partial charge in [-0.3, -0.25) is 4.79 Å². The summed E-state index contributed by atoms with van der Waals surface area (Å²) in [6, 6.07) is 11.4. The Morgan fingerprint density at radius 2 is 1.71 bits per heavy atom. The number of amides is 1. The van der Waals surface area contributed by atoms with Gasteiger partial charge in [0.1, 0.15) is 5.92 Å². The topological polar surface area (TPSA) is 52.9 Å². The third kappa shape index (κ3) is 7.51. The van der Waals surface area contributed by atoms with Gasteiger partial charge in [-0.15, -0.1) is 0 Å². The normalized spacial score (nSPS) is 11.6. The van der Waals surface area contributed by atoms with E-state index in [9.17, 15) is 4.79 Å². The van der Waals surface area contributed by atoms with E-state index in [0.717, 1.165) is 18.5 Å². The molecule has 1 unspecified atom stereocenters. The van der Waals surface area contributed by atoms with Gasteiger partial charge in [-0.25, -0.2) is 0 Å². The maximum atomic E-state index is 12.0. The number of benzene rings is 1. The molecule has 0 saturated carbocycles. The minimum absolute atomic E-state index is 0.185. The van der Waals surface area contributed by atoms with Gasteiger partial charge in [0.2, 0.25) is 5.91 Å². The maximum Gasteiger partial charge on any atom is 0.241 e. The van der Waals surface area contributed by atoms with Crippen molar-refractivity contribution >= 4 is 11.6 Å². The summed E-state index contributed by atoms with van der Waals surface area (Å²) in [4.78, 5) is 12.0. The lowest BCUT2D eigenvalue weighted by molar-refractivity contribution is -0.118. The van der Waals surface area contributed by atoms with E-state index in [1.54, 1.807) is 0 Å². The SMILES string of the molecule is CCCCCCCCCC(C#N)C(=O)Nc1ccccc1. The van der Waals surface area contributed by atoms with Crippen LogP contribution in [0.5, 0.6) is 0 Å². The molecule has 1 N–H and O–H groups in total. The standard InChI is InChI=1S/C18H26N2O/c1-2-3-4-5-6-7-9-12-16(15-19)18(21)20-17-13-10-8-11-14-17/h8,10-11,13-14,16H,2-7,9,12H2,1H3,(H,20,21). The molecule has 0 spiro atoms. The van der Waals surface area contributed by atoms with Crippen molar-refractivity contribution in [1.29, 1.82) is 5.26 Å². The van der Waals surface area contributed by atoms with Crippen molar-refractivity contribution in [3.8, 4) is 6.07 Å². The molecule has 0 bridgehead atoms. The number of hydrogen-bond donors (Lipinski definition) is 1. The first kappa shape index (κ1) is 17.2. The molecule has 0 aromatic heterocycles. The van der Waals surface area contributed by atoms with Crippen molar-refractivity contribution in [2.24, 2.45) is 5.92 Å². The van der Waals surface area contributed by atoms with Gasteiger partial charge in [0.05, 0.1) is 6.07 Å². The van der Waals surface area contributed by atoms with Crippen LogP contribution in [0.3, 0.4) is 0 Å². The molecule has 1 aromatic rings. The van der Waals surface area contributed by atoms with Crippen LogP contribution in [0.1, 0.15) is 58.3 Å². The third-order valence-electron chi connectivity index (χ3n) is 3.61. The fraction of sp³-hybridized carbons (Fsp3) is 0.556. The van der Waals surface area contributed by atoms with Crippen molar-refractivity contribution in [2.45, 2.75) is 58.3 Å². The molecule has 3 heteroatoms. The quantitative estimate of drug-likeness (QED) is 0.621. The fourth-order valence-corrected chi connectivity index (χ4v) is 2.31. The minimum Gasteiger partial charge on any atom is -0.325 e. The summed E-state index contributed by atoms with van der Waals surface area (Å²) in [7, 11) is 0. The summed E-state index contributed by atoms with van der Waals surface area (Å²) in [6.07, 6.45) is 9.05. The number of carbonyl (C=O) groups excluding carboxylic acids is 1. The molecule has 21 heavy (non-hydrogen) atoms. The molecule has 0 aliphatic carbocycles. The van der Waals surface area contributed by atoms with Crippen LogP contribution in [-0.4, -0.2) is 5.91 Å². The Balaban J connectivity index is 2.22. The predicted octanol–water partition coefficient (Wildman–Crippen LogP) is 4.91. The molecule has 3 nitrogen and oxygen atoms in total. The molecule has 0 aliphatic rings. The number of nitriles is 1. The number of nitrogens with one attached hydrogen (secondary N) is 1. The highest BCUT2D eigenvalue weighted by molar-refractivity contribution is 5.94. The second-order valence-corrected chi connectivity index (χ2v) is 5.45. The molecule has 0 fully saturated rings. The Morgan fingerprint density at radius 3 is 2.33 bits per heavy atom. The summed E-state index contributed by atoms with van der Waals surface area (Å²) < 4.78 is 0. The van der Waals surface area contributed by atoms with E-state index >= 15 is 0 Å². The van der Waals surface area contributed by atoms with Crippen LogP contribution >= 0.6 is 0 Å². The van der Waals surface area contributed by atoms with Gasteiger partial charge in [-0.05, 0) is 18.6 Å². The van der Waals surface area contributed by atoms with Crippen LogP contribution in [0.4, 0.5) is 5.69 Å². The summed E-state index contributed by atoms with van der Waals surface area (Å²) in [5.41, 5.74) is 0.752. The zero-order chi connectivity index (χ0) is 15.3. The van der Waals surface area contributed by atoms with Crippen LogP contribution in [0.15, 0.2) is 30.3 Å². The lowest BCUT2D eigenvalue weighted by atomic mass is 10.0. The summed E-state index contributed by atoms with van der Waals surface area (Å²) in [6.45, 7) is 2.21. The summed E-state index contributed by atoms with van der Waals surface area (Å²) in [5.74, 6) is -0.726. The molecular formula is C18H26N2O. The minimum atomic E-state index is -0.541. The Labute approximate surface area is 128 Å². The molecule has 0 radical (unpaired) electrons. The zero-order valence-corrected chi connectivity index (χ0v) is 13.0. The summed E-state index contributed by atoms with van der Waals surface area (Å²) >= 11 is 0. The van der Waals surface area contributed by atoms with Crippen LogP contribution in [0.2, 0.25) is 0 Å². The highest BCUT2D eigenvalue weighted by Crippen LogP contribution is 2.15. The monoisotopic (exact) mass is 286 g/mol. The van der Waals surface area contributed by atoms with E-state index in [2.05, 4.69) is 18.3 Å². The second-order valence-electron chi connectivity index (χ2n) is 5.45. The van der Waals surface area contributed by atoms with Gasteiger partial charge in [-0.2, -0.15) is 5.26 Å². The number of hydrogen-bond acceptors (Lipinski definition) is 2. The molecule has 0 heterocycles. The first-order valence-electron chi connectivity index (χ1n) is 8.03. The first-order chi connectivity index (χ1) is 10.3. The van der Waals surface area contributed by atoms with Crippen LogP contribution < -0.4 is 5.32 Å². The maximum absolute atomic E-state index is 12.0. The molecule has 1 rings (SSSR count). The van der Waals surface area contributed by atoms with E-state index in [-0.39, 0.29) is 5.91 Å². The lowest BCUT2D eigenvalue weighted by Crippen LogP contribution is -2.21. The average molecular weight is 286 g/mol. The molecule has 1 amide bonds. The molecular weight excluding hydrogens is 260 g/mol. The fourth-order valence-electron chi connectivity index (χ4n) is 2.31. The van der Waals surface area contributed by atoms with E-state index in [1.165, 1.54) is 32.1 Å².